The highest BCUT2D eigenvalue weighted by Gasteiger charge is 2.19. The van der Waals surface area contributed by atoms with Gasteiger partial charge in [0.2, 0.25) is 0 Å². The molecule has 0 unspecified atom stereocenters. The third-order valence-electron chi connectivity index (χ3n) is 3.06. The van der Waals surface area contributed by atoms with Gasteiger partial charge in [0.05, 0.1) is 11.1 Å². The molecule has 5 nitrogen and oxygen atoms in total. The molecule has 6 heteroatoms. The van der Waals surface area contributed by atoms with Crippen molar-refractivity contribution in [3.8, 4) is 5.75 Å². The standard InChI is InChI=1S/C14H12N2O3S/c1-10-2-4-13(5-3-10)20(18,19)16-7-6-11-8-12(17)9-15-14(11)16/h2-9,17H,1H3. The molecule has 0 fully saturated rings. The lowest BCUT2D eigenvalue weighted by Crippen LogP contribution is -2.12. The molecule has 1 aromatic carbocycles. The Labute approximate surface area is 116 Å². The summed E-state index contributed by atoms with van der Waals surface area (Å²) >= 11 is 0. The van der Waals surface area contributed by atoms with E-state index in [1.807, 2.05) is 6.92 Å². The first-order valence-electron chi connectivity index (χ1n) is 5.97. The Balaban J connectivity index is 2.21. The lowest BCUT2D eigenvalue weighted by atomic mass is 10.2. The Morgan fingerprint density at radius 2 is 1.85 bits per heavy atom. The van der Waals surface area contributed by atoms with Gasteiger partial charge < -0.3 is 5.11 Å². The minimum absolute atomic E-state index is 0.00276. The predicted octanol–water partition coefficient (Wildman–Crippen LogP) is 2.29. The van der Waals surface area contributed by atoms with Crippen molar-refractivity contribution >= 4 is 21.1 Å². The van der Waals surface area contributed by atoms with Crippen LogP contribution in [0.25, 0.3) is 11.0 Å². The number of pyridine rings is 1. The van der Waals surface area contributed by atoms with E-state index in [-0.39, 0.29) is 10.6 Å². The molecule has 2 heterocycles. The number of benzene rings is 1. The van der Waals surface area contributed by atoms with E-state index >= 15 is 0 Å². The van der Waals surface area contributed by atoms with Crippen molar-refractivity contribution in [1.82, 2.24) is 8.96 Å². The summed E-state index contributed by atoms with van der Waals surface area (Å²) in [6.07, 6.45) is 2.66. The van der Waals surface area contributed by atoms with E-state index in [4.69, 9.17) is 0 Å². The lowest BCUT2D eigenvalue weighted by molar-refractivity contribution is 0.474. The fourth-order valence-corrected chi connectivity index (χ4v) is 3.31. The number of rotatable bonds is 2. The second kappa shape index (κ2) is 4.35. The highest BCUT2D eigenvalue weighted by atomic mass is 32.2. The first kappa shape index (κ1) is 12.7. The summed E-state index contributed by atoms with van der Waals surface area (Å²) in [4.78, 5) is 4.19. The van der Waals surface area contributed by atoms with Gasteiger partial charge in [-0.05, 0) is 31.2 Å². The second-order valence-corrected chi connectivity index (χ2v) is 6.35. The zero-order chi connectivity index (χ0) is 14.3. The van der Waals surface area contributed by atoms with E-state index in [2.05, 4.69) is 4.98 Å². The van der Waals surface area contributed by atoms with Crippen LogP contribution in [0.4, 0.5) is 0 Å². The average molecular weight is 288 g/mol. The summed E-state index contributed by atoms with van der Waals surface area (Å²) in [5, 5.41) is 9.94. The normalized spacial score (nSPS) is 11.8. The van der Waals surface area contributed by atoms with Gasteiger partial charge in [0, 0.05) is 11.6 Å². The van der Waals surface area contributed by atoms with E-state index in [9.17, 15) is 13.5 Å². The number of aryl methyl sites for hydroxylation is 1. The Morgan fingerprint density at radius 1 is 1.15 bits per heavy atom. The Kier molecular flexibility index (Phi) is 2.76. The van der Waals surface area contributed by atoms with Crippen molar-refractivity contribution in [2.75, 3.05) is 0 Å². The van der Waals surface area contributed by atoms with Gasteiger partial charge in [-0.25, -0.2) is 17.4 Å². The van der Waals surface area contributed by atoms with Crippen LogP contribution in [0.15, 0.2) is 53.7 Å². The maximum absolute atomic E-state index is 12.6. The monoisotopic (exact) mass is 288 g/mol. The van der Waals surface area contributed by atoms with Crippen molar-refractivity contribution in [1.29, 1.82) is 0 Å². The van der Waals surface area contributed by atoms with Gasteiger partial charge in [0.25, 0.3) is 10.0 Å². The van der Waals surface area contributed by atoms with Crippen molar-refractivity contribution in [2.24, 2.45) is 0 Å². The molecule has 102 valence electrons. The average Bonchev–Trinajstić information content (AvgIpc) is 2.82. The smallest absolute Gasteiger partial charge is 0.269 e. The van der Waals surface area contributed by atoms with Crippen LogP contribution in [0.1, 0.15) is 5.56 Å². The number of hydrogen-bond donors (Lipinski definition) is 1. The molecule has 0 spiro atoms. The SMILES string of the molecule is Cc1ccc(S(=O)(=O)n2ccc3cc(O)cnc32)cc1. The summed E-state index contributed by atoms with van der Waals surface area (Å²) in [5.41, 5.74) is 1.28. The fourth-order valence-electron chi connectivity index (χ4n) is 2.01. The molecule has 0 saturated carbocycles. The largest absolute Gasteiger partial charge is 0.506 e. The Morgan fingerprint density at radius 3 is 2.55 bits per heavy atom. The molecule has 0 bridgehead atoms. The van der Waals surface area contributed by atoms with Crippen LogP contribution in [0.2, 0.25) is 0 Å². The van der Waals surface area contributed by atoms with Crippen molar-refractivity contribution < 1.29 is 13.5 Å². The third kappa shape index (κ3) is 1.94. The molecule has 0 aliphatic rings. The molecule has 2 aromatic heterocycles. The van der Waals surface area contributed by atoms with Crippen LogP contribution >= 0.6 is 0 Å². The quantitative estimate of drug-likeness (QED) is 0.785. The van der Waals surface area contributed by atoms with Gasteiger partial charge >= 0.3 is 0 Å². The molecule has 0 saturated heterocycles. The molecular formula is C14H12N2O3S. The fraction of sp³-hybridized carbons (Fsp3) is 0.0714. The van der Waals surface area contributed by atoms with E-state index in [0.717, 1.165) is 9.54 Å². The van der Waals surface area contributed by atoms with Crippen molar-refractivity contribution in [3.05, 3.63) is 54.4 Å². The molecule has 1 N–H and O–H groups in total. The molecule has 3 rings (SSSR count). The van der Waals surface area contributed by atoms with Gasteiger partial charge in [-0.3, -0.25) is 0 Å². The summed E-state index contributed by atoms with van der Waals surface area (Å²) in [6.45, 7) is 1.89. The van der Waals surface area contributed by atoms with Gasteiger partial charge in [0.15, 0.2) is 5.65 Å². The molecule has 20 heavy (non-hydrogen) atoms. The molecular weight excluding hydrogens is 276 g/mol. The highest BCUT2D eigenvalue weighted by Crippen LogP contribution is 2.23. The molecule has 0 amide bonds. The first-order valence-corrected chi connectivity index (χ1v) is 7.41. The summed E-state index contributed by atoms with van der Waals surface area (Å²) in [7, 11) is -3.68. The zero-order valence-corrected chi connectivity index (χ0v) is 11.5. The van der Waals surface area contributed by atoms with Crippen LogP contribution in [0.5, 0.6) is 5.75 Å². The number of aromatic hydroxyl groups is 1. The molecule has 0 aliphatic heterocycles. The number of nitrogens with zero attached hydrogens (tertiary/aromatic N) is 2. The van der Waals surface area contributed by atoms with Gasteiger partial charge in [-0.15, -0.1) is 0 Å². The van der Waals surface area contributed by atoms with Crippen LogP contribution in [0.3, 0.4) is 0 Å². The first-order chi connectivity index (χ1) is 9.48. The maximum atomic E-state index is 12.6. The minimum atomic E-state index is -3.68. The van der Waals surface area contributed by atoms with E-state index in [0.29, 0.717) is 11.0 Å². The van der Waals surface area contributed by atoms with Crippen molar-refractivity contribution in [2.45, 2.75) is 11.8 Å². The Bertz CT molecular complexity index is 880. The molecule has 0 radical (unpaired) electrons. The zero-order valence-electron chi connectivity index (χ0n) is 10.7. The lowest BCUT2D eigenvalue weighted by Gasteiger charge is -2.07. The van der Waals surface area contributed by atoms with Crippen molar-refractivity contribution in [3.63, 3.8) is 0 Å². The number of hydrogen-bond acceptors (Lipinski definition) is 4. The topological polar surface area (TPSA) is 72.2 Å². The summed E-state index contributed by atoms with van der Waals surface area (Å²) < 4.78 is 26.2. The maximum Gasteiger partial charge on any atom is 0.269 e. The third-order valence-corrected chi connectivity index (χ3v) is 4.74. The highest BCUT2D eigenvalue weighted by molar-refractivity contribution is 7.90. The second-order valence-electron chi connectivity index (χ2n) is 4.54. The Hall–Kier alpha value is -2.34. The summed E-state index contributed by atoms with van der Waals surface area (Å²) in [5.74, 6) is 0.00276. The van der Waals surface area contributed by atoms with Gasteiger partial charge in [0.1, 0.15) is 5.75 Å². The van der Waals surface area contributed by atoms with Crippen LogP contribution in [-0.2, 0) is 10.0 Å². The van der Waals surface area contributed by atoms with Crippen LogP contribution < -0.4 is 0 Å². The van der Waals surface area contributed by atoms with E-state index in [1.54, 1.807) is 30.3 Å². The molecule has 0 aliphatic carbocycles. The van der Waals surface area contributed by atoms with E-state index in [1.165, 1.54) is 18.5 Å². The predicted molar refractivity (Wildman–Crippen MR) is 75.2 cm³/mol. The van der Waals surface area contributed by atoms with Crippen LogP contribution in [0, 0.1) is 6.92 Å². The number of fused-ring (bicyclic) bond motifs is 1. The molecule has 3 aromatic rings. The van der Waals surface area contributed by atoms with Gasteiger partial charge in [-0.1, -0.05) is 17.7 Å². The molecule has 0 atom stereocenters. The number of aromatic nitrogens is 2. The van der Waals surface area contributed by atoms with E-state index < -0.39 is 10.0 Å². The van der Waals surface area contributed by atoms with Crippen LogP contribution in [-0.4, -0.2) is 22.5 Å². The van der Waals surface area contributed by atoms with Gasteiger partial charge in [-0.2, -0.15) is 0 Å². The minimum Gasteiger partial charge on any atom is -0.506 e. The summed E-state index contributed by atoms with van der Waals surface area (Å²) in [6, 6.07) is 9.71.